The molecule has 5 heteroatoms. The first kappa shape index (κ1) is 10.1. The lowest BCUT2D eigenvalue weighted by molar-refractivity contribution is -0.125. The monoisotopic (exact) mass is 187 g/mol. The maximum atomic E-state index is 12.9. The highest BCUT2D eigenvalue weighted by molar-refractivity contribution is 6.34. The summed E-state index contributed by atoms with van der Waals surface area (Å²) in [5.74, 6) is -1.60. The van der Waals surface area contributed by atoms with Gasteiger partial charge in [0.1, 0.15) is 0 Å². The standard InChI is InChI=1S/C8H14FN3O/c1-6-3-2-4-12(6)8(13)7(9)11-5-10/h6H,2-5,10H2,1H3/b11-7+. The molecular formula is C8H14FN3O. The minimum absolute atomic E-state index is 0.117. The van der Waals surface area contributed by atoms with Crippen LogP contribution in [0.1, 0.15) is 19.8 Å². The Bertz CT molecular complexity index is 229. The topological polar surface area (TPSA) is 58.7 Å². The number of nitrogens with zero attached hydrogens (tertiary/aromatic N) is 2. The molecule has 0 saturated carbocycles. The van der Waals surface area contributed by atoms with Crippen molar-refractivity contribution in [3.05, 3.63) is 0 Å². The molecule has 0 aromatic carbocycles. The van der Waals surface area contributed by atoms with Crippen molar-refractivity contribution >= 4 is 11.9 Å². The second-order valence-electron chi connectivity index (χ2n) is 3.12. The van der Waals surface area contributed by atoms with Gasteiger partial charge >= 0.3 is 5.91 Å². The first-order chi connectivity index (χ1) is 6.16. The molecule has 1 aliphatic heterocycles. The third-order valence-corrected chi connectivity index (χ3v) is 2.22. The van der Waals surface area contributed by atoms with E-state index in [9.17, 15) is 9.18 Å². The maximum Gasteiger partial charge on any atom is 0.302 e. The molecule has 1 heterocycles. The number of carbonyl (C=O) groups excluding carboxylic acids is 1. The Balaban J connectivity index is 2.61. The molecule has 0 aliphatic carbocycles. The summed E-state index contributed by atoms with van der Waals surface area (Å²) in [7, 11) is 0. The summed E-state index contributed by atoms with van der Waals surface area (Å²) >= 11 is 0. The SMILES string of the molecule is CC1CCCN1C(=O)/C(F)=N\CN. The number of halogens is 1. The van der Waals surface area contributed by atoms with Gasteiger partial charge in [-0.2, -0.15) is 4.39 Å². The maximum absolute atomic E-state index is 12.9. The smallest absolute Gasteiger partial charge is 0.302 e. The van der Waals surface area contributed by atoms with Gasteiger partial charge in [0, 0.05) is 12.6 Å². The van der Waals surface area contributed by atoms with Gasteiger partial charge in [-0.05, 0) is 19.8 Å². The van der Waals surface area contributed by atoms with Crippen molar-refractivity contribution < 1.29 is 9.18 Å². The summed E-state index contributed by atoms with van der Waals surface area (Å²) in [5, 5.41) is 0. The van der Waals surface area contributed by atoms with E-state index in [2.05, 4.69) is 4.99 Å². The average molecular weight is 187 g/mol. The van der Waals surface area contributed by atoms with Crippen LogP contribution in [0.25, 0.3) is 0 Å². The van der Waals surface area contributed by atoms with Crippen LogP contribution in [-0.2, 0) is 4.79 Å². The number of hydrogen-bond acceptors (Lipinski definition) is 3. The second-order valence-corrected chi connectivity index (χ2v) is 3.12. The fourth-order valence-corrected chi connectivity index (χ4v) is 1.50. The van der Waals surface area contributed by atoms with E-state index in [1.54, 1.807) is 0 Å². The van der Waals surface area contributed by atoms with Crippen LogP contribution in [0.3, 0.4) is 0 Å². The zero-order valence-electron chi connectivity index (χ0n) is 7.66. The Labute approximate surface area is 76.6 Å². The zero-order chi connectivity index (χ0) is 9.84. The molecule has 1 fully saturated rings. The largest absolute Gasteiger partial charge is 0.333 e. The minimum Gasteiger partial charge on any atom is -0.333 e. The molecule has 0 aromatic rings. The van der Waals surface area contributed by atoms with Crippen LogP contribution >= 0.6 is 0 Å². The molecule has 0 aromatic heterocycles. The lowest BCUT2D eigenvalue weighted by Gasteiger charge is -2.19. The third-order valence-electron chi connectivity index (χ3n) is 2.22. The summed E-state index contributed by atoms with van der Waals surface area (Å²) in [6.45, 7) is 2.34. The van der Waals surface area contributed by atoms with Gasteiger partial charge in [-0.3, -0.25) is 4.79 Å². The van der Waals surface area contributed by atoms with Crippen molar-refractivity contribution in [1.29, 1.82) is 0 Å². The van der Waals surface area contributed by atoms with Gasteiger partial charge in [0.2, 0.25) is 0 Å². The summed E-state index contributed by atoms with van der Waals surface area (Å²) in [4.78, 5) is 16.0. The van der Waals surface area contributed by atoms with Crippen molar-refractivity contribution in [3.8, 4) is 0 Å². The van der Waals surface area contributed by atoms with Crippen LogP contribution in [-0.4, -0.2) is 36.0 Å². The predicted octanol–water partition coefficient (Wildman–Crippen LogP) is 0.281. The number of likely N-dealkylation sites (tertiary alicyclic amines) is 1. The number of aliphatic imine (C=N–C) groups is 1. The highest BCUT2D eigenvalue weighted by Crippen LogP contribution is 2.16. The number of amides is 1. The number of rotatable bonds is 2. The zero-order valence-corrected chi connectivity index (χ0v) is 7.66. The average Bonchev–Trinajstić information content (AvgIpc) is 2.50. The number of nitrogens with two attached hydrogens (primary N) is 1. The van der Waals surface area contributed by atoms with Crippen LogP contribution in [0.5, 0.6) is 0 Å². The molecule has 0 bridgehead atoms. The van der Waals surface area contributed by atoms with Gasteiger partial charge in [0.05, 0.1) is 6.67 Å². The lowest BCUT2D eigenvalue weighted by Crippen LogP contribution is -2.37. The second kappa shape index (κ2) is 4.32. The molecule has 1 saturated heterocycles. The molecule has 1 rings (SSSR count). The van der Waals surface area contributed by atoms with Gasteiger partial charge in [0.15, 0.2) is 0 Å². The first-order valence-electron chi connectivity index (χ1n) is 4.37. The summed E-state index contributed by atoms with van der Waals surface area (Å²) < 4.78 is 12.9. The van der Waals surface area contributed by atoms with Gasteiger partial charge in [0.25, 0.3) is 5.97 Å². The molecule has 0 spiro atoms. The van der Waals surface area contributed by atoms with Gasteiger partial charge in [-0.25, -0.2) is 4.99 Å². The molecule has 1 atom stereocenters. The fraction of sp³-hybridized carbons (Fsp3) is 0.750. The van der Waals surface area contributed by atoms with Crippen molar-refractivity contribution in [2.24, 2.45) is 10.7 Å². The van der Waals surface area contributed by atoms with Crippen LogP contribution in [0.15, 0.2) is 4.99 Å². The van der Waals surface area contributed by atoms with E-state index in [1.165, 1.54) is 4.90 Å². The first-order valence-corrected chi connectivity index (χ1v) is 4.37. The molecule has 0 radical (unpaired) electrons. The van der Waals surface area contributed by atoms with E-state index in [-0.39, 0.29) is 12.7 Å². The molecule has 74 valence electrons. The van der Waals surface area contributed by atoms with E-state index in [0.29, 0.717) is 6.54 Å². The Morgan fingerprint density at radius 3 is 2.92 bits per heavy atom. The van der Waals surface area contributed by atoms with E-state index < -0.39 is 11.9 Å². The third kappa shape index (κ3) is 2.24. The summed E-state index contributed by atoms with van der Waals surface area (Å²) in [6, 6.07) is 0.117. The Hall–Kier alpha value is -0.970. The van der Waals surface area contributed by atoms with Gasteiger partial charge < -0.3 is 10.6 Å². The molecule has 1 amide bonds. The van der Waals surface area contributed by atoms with Crippen molar-refractivity contribution in [2.45, 2.75) is 25.8 Å². The van der Waals surface area contributed by atoms with Crippen LogP contribution in [0.4, 0.5) is 4.39 Å². The molecule has 1 aliphatic rings. The predicted molar refractivity (Wildman–Crippen MR) is 48.0 cm³/mol. The Morgan fingerprint density at radius 2 is 2.46 bits per heavy atom. The minimum atomic E-state index is -0.976. The normalized spacial score (nSPS) is 23.8. The lowest BCUT2D eigenvalue weighted by atomic mass is 10.2. The summed E-state index contributed by atoms with van der Waals surface area (Å²) in [6.07, 6.45) is 1.87. The van der Waals surface area contributed by atoms with Crippen LogP contribution in [0, 0.1) is 0 Å². The van der Waals surface area contributed by atoms with Crippen molar-refractivity contribution in [3.63, 3.8) is 0 Å². The Kier molecular flexibility index (Phi) is 3.36. The highest BCUT2D eigenvalue weighted by Gasteiger charge is 2.28. The van der Waals surface area contributed by atoms with Crippen LogP contribution in [0.2, 0.25) is 0 Å². The molecule has 2 N–H and O–H groups in total. The van der Waals surface area contributed by atoms with Crippen molar-refractivity contribution in [1.82, 2.24) is 4.90 Å². The molecule has 13 heavy (non-hydrogen) atoms. The molecule has 1 unspecified atom stereocenters. The van der Waals surface area contributed by atoms with E-state index in [1.807, 2.05) is 6.92 Å². The highest BCUT2D eigenvalue weighted by atomic mass is 19.1. The van der Waals surface area contributed by atoms with Gasteiger partial charge in [-0.15, -0.1) is 0 Å². The number of hydrogen-bond donors (Lipinski definition) is 1. The van der Waals surface area contributed by atoms with E-state index in [0.717, 1.165) is 12.8 Å². The fourth-order valence-electron chi connectivity index (χ4n) is 1.50. The molecular weight excluding hydrogens is 173 g/mol. The molecule has 4 nitrogen and oxygen atoms in total. The van der Waals surface area contributed by atoms with E-state index >= 15 is 0 Å². The Morgan fingerprint density at radius 1 is 1.77 bits per heavy atom. The van der Waals surface area contributed by atoms with Gasteiger partial charge in [-0.1, -0.05) is 0 Å². The van der Waals surface area contributed by atoms with Crippen molar-refractivity contribution in [2.75, 3.05) is 13.2 Å². The van der Waals surface area contributed by atoms with Crippen LogP contribution < -0.4 is 5.73 Å². The number of carbonyl (C=O) groups is 1. The van der Waals surface area contributed by atoms with E-state index in [4.69, 9.17) is 5.73 Å². The summed E-state index contributed by atoms with van der Waals surface area (Å²) in [5.41, 5.74) is 5.00. The quantitative estimate of drug-likeness (QED) is 0.631.